The van der Waals surface area contributed by atoms with Crippen LogP contribution in [0.4, 0.5) is 0 Å². The first-order chi connectivity index (χ1) is 13.0. The predicted molar refractivity (Wildman–Crippen MR) is 104 cm³/mol. The number of benzene rings is 1. The number of aromatic nitrogens is 1. The van der Waals surface area contributed by atoms with Crippen LogP contribution in [0.25, 0.3) is 6.08 Å². The highest BCUT2D eigenvalue weighted by Gasteiger charge is 2.27. The van der Waals surface area contributed by atoms with Gasteiger partial charge in [0.2, 0.25) is 5.91 Å². The number of thiazole rings is 1. The first-order valence-corrected chi connectivity index (χ1v) is 9.73. The van der Waals surface area contributed by atoms with E-state index in [-0.39, 0.29) is 12.5 Å². The number of carboxylic acid groups (broad SMARTS) is 1. The minimum atomic E-state index is -0.833. The number of carboxylic acids is 1. The Morgan fingerprint density at radius 1 is 1.37 bits per heavy atom. The first-order valence-electron chi connectivity index (χ1n) is 8.85. The lowest BCUT2D eigenvalue weighted by Crippen LogP contribution is -2.41. The lowest BCUT2D eigenvalue weighted by molar-refractivity contribution is -0.144. The summed E-state index contributed by atoms with van der Waals surface area (Å²) >= 11 is 1.60. The van der Waals surface area contributed by atoms with Gasteiger partial charge in [0.1, 0.15) is 12.4 Å². The third kappa shape index (κ3) is 5.40. The van der Waals surface area contributed by atoms with E-state index < -0.39 is 11.9 Å². The molecule has 0 saturated carbocycles. The number of aliphatic carboxylic acids is 1. The van der Waals surface area contributed by atoms with Gasteiger partial charge in [-0.3, -0.25) is 9.59 Å². The second-order valence-corrected chi connectivity index (χ2v) is 7.57. The van der Waals surface area contributed by atoms with Crippen LogP contribution in [0, 0.1) is 12.8 Å². The zero-order valence-electron chi connectivity index (χ0n) is 15.1. The molecule has 1 unspecified atom stereocenters. The monoisotopic (exact) mass is 386 g/mol. The van der Waals surface area contributed by atoms with Gasteiger partial charge in [-0.15, -0.1) is 11.3 Å². The van der Waals surface area contributed by atoms with Crippen molar-refractivity contribution in [2.24, 2.45) is 5.92 Å². The van der Waals surface area contributed by atoms with Crippen molar-refractivity contribution >= 4 is 29.3 Å². The zero-order valence-corrected chi connectivity index (χ0v) is 15.9. The van der Waals surface area contributed by atoms with Crippen LogP contribution in [0.15, 0.2) is 35.7 Å². The molecule has 1 aliphatic heterocycles. The number of amides is 1. The maximum absolute atomic E-state index is 12.3. The second kappa shape index (κ2) is 8.81. The third-order valence-corrected chi connectivity index (χ3v) is 5.26. The summed E-state index contributed by atoms with van der Waals surface area (Å²) in [7, 11) is 0. The van der Waals surface area contributed by atoms with Crippen molar-refractivity contribution in [1.82, 2.24) is 9.88 Å². The van der Waals surface area contributed by atoms with E-state index in [2.05, 4.69) is 4.98 Å². The van der Waals surface area contributed by atoms with Crippen LogP contribution in [-0.2, 0) is 16.2 Å². The number of rotatable bonds is 6. The summed E-state index contributed by atoms with van der Waals surface area (Å²) in [4.78, 5) is 29.4. The molecule has 0 aliphatic carbocycles. The van der Waals surface area contributed by atoms with Crippen LogP contribution < -0.4 is 4.74 Å². The average molecular weight is 386 g/mol. The van der Waals surface area contributed by atoms with Crippen molar-refractivity contribution in [1.29, 1.82) is 0 Å². The molecular weight excluding hydrogens is 364 g/mol. The molecule has 1 aromatic heterocycles. The Hall–Kier alpha value is -2.67. The van der Waals surface area contributed by atoms with Crippen LogP contribution in [0.3, 0.4) is 0 Å². The van der Waals surface area contributed by atoms with E-state index in [0.29, 0.717) is 19.6 Å². The Labute approximate surface area is 162 Å². The van der Waals surface area contributed by atoms with E-state index in [4.69, 9.17) is 9.84 Å². The molecule has 1 amide bonds. The molecule has 27 heavy (non-hydrogen) atoms. The summed E-state index contributed by atoms with van der Waals surface area (Å²) in [5.74, 6) is -0.710. The number of aryl methyl sites for hydroxylation is 1. The lowest BCUT2D eigenvalue weighted by Gasteiger charge is -2.29. The summed E-state index contributed by atoms with van der Waals surface area (Å²) in [6, 6.07) is 7.46. The van der Waals surface area contributed by atoms with Gasteiger partial charge in [-0.1, -0.05) is 12.1 Å². The smallest absolute Gasteiger partial charge is 0.308 e. The van der Waals surface area contributed by atoms with Gasteiger partial charge in [-0.2, -0.15) is 0 Å². The fourth-order valence-electron chi connectivity index (χ4n) is 2.96. The van der Waals surface area contributed by atoms with Gasteiger partial charge < -0.3 is 14.7 Å². The summed E-state index contributed by atoms with van der Waals surface area (Å²) < 4.78 is 5.70. The topological polar surface area (TPSA) is 79.7 Å². The van der Waals surface area contributed by atoms with Crippen molar-refractivity contribution in [3.63, 3.8) is 0 Å². The summed E-state index contributed by atoms with van der Waals surface area (Å²) in [5.41, 5.74) is 1.79. The van der Waals surface area contributed by atoms with Crippen LogP contribution in [-0.4, -0.2) is 40.0 Å². The zero-order chi connectivity index (χ0) is 19.2. The number of carbonyl (C=O) groups is 2. The number of nitrogens with zero attached hydrogens (tertiary/aromatic N) is 2. The molecular formula is C20H22N2O4S. The van der Waals surface area contributed by atoms with Gasteiger partial charge in [0.25, 0.3) is 0 Å². The molecule has 1 fully saturated rings. The van der Waals surface area contributed by atoms with Crippen molar-refractivity contribution < 1.29 is 19.4 Å². The fourth-order valence-corrected chi connectivity index (χ4v) is 3.56. The number of likely N-dealkylation sites (tertiary alicyclic amines) is 1. The van der Waals surface area contributed by atoms with Gasteiger partial charge in [0, 0.05) is 24.5 Å². The molecule has 1 N–H and O–H groups in total. The molecule has 7 heteroatoms. The van der Waals surface area contributed by atoms with Gasteiger partial charge >= 0.3 is 5.97 Å². The number of piperidine rings is 1. The maximum atomic E-state index is 12.3. The molecule has 6 nitrogen and oxygen atoms in total. The minimum absolute atomic E-state index is 0.153. The molecule has 1 atom stereocenters. The Morgan fingerprint density at radius 2 is 2.15 bits per heavy atom. The Morgan fingerprint density at radius 3 is 2.81 bits per heavy atom. The largest absolute Gasteiger partial charge is 0.487 e. The maximum Gasteiger partial charge on any atom is 0.308 e. The predicted octanol–water partition coefficient (Wildman–Crippen LogP) is 3.37. The van der Waals surface area contributed by atoms with E-state index in [1.165, 1.54) is 6.08 Å². The minimum Gasteiger partial charge on any atom is -0.487 e. The molecule has 142 valence electrons. The van der Waals surface area contributed by atoms with E-state index in [1.54, 1.807) is 22.3 Å². The van der Waals surface area contributed by atoms with Crippen LogP contribution >= 0.6 is 11.3 Å². The van der Waals surface area contributed by atoms with E-state index >= 15 is 0 Å². The molecule has 1 saturated heterocycles. The summed E-state index contributed by atoms with van der Waals surface area (Å²) in [6.07, 6.45) is 4.59. The van der Waals surface area contributed by atoms with Gasteiger partial charge in [0.05, 0.1) is 16.6 Å². The van der Waals surface area contributed by atoms with Crippen LogP contribution in [0.5, 0.6) is 5.75 Å². The Balaban J connectivity index is 1.52. The van der Waals surface area contributed by atoms with Gasteiger partial charge in [-0.25, -0.2) is 4.98 Å². The molecule has 3 rings (SSSR count). The normalized spacial score (nSPS) is 17.2. The molecule has 0 bridgehead atoms. The Kier molecular flexibility index (Phi) is 6.24. The SMILES string of the molecule is Cc1nc(COc2ccc(C=CC(=O)N3CCCC(C(=O)O)C3)cc2)cs1. The molecule has 1 aromatic carbocycles. The number of hydrogen-bond acceptors (Lipinski definition) is 5. The van der Waals surface area contributed by atoms with Crippen molar-refractivity contribution in [2.75, 3.05) is 13.1 Å². The van der Waals surface area contributed by atoms with Crippen molar-refractivity contribution in [3.8, 4) is 5.75 Å². The van der Waals surface area contributed by atoms with E-state index in [9.17, 15) is 9.59 Å². The van der Waals surface area contributed by atoms with Crippen LogP contribution in [0.2, 0.25) is 0 Å². The number of ether oxygens (including phenoxy) is 1. The lowest BCUT2D eigenvalue weighted by atomic mass is 9.98. The molecule has 2 aromatic rings. The number of hydrogen-bond donors (Lipinski definition) is 1. The highest BCUT2D eigenvalue weighted by Crippen LogP contribution is 2.18. The van der Waals surface area contributed by atoms with Crippen molar-refractivity contribution in [2.45, 2.75) is 26.4 Å². The molecule has 2 heterocycles. The summed E-state index contributed by atoms with van der Waals surface area (Å²) in [6.45, 7) is 3.28. The summed E-state index contributed by atoms with van der Waals surface area (Å²) in [5, 5.41) is 12.1. The van der Waals surface area contributed by atoms with E-state index in [0.717, 1.165) is 28.4 Å². The quantitative estimate of drug-likeness (QED) is 0.770. The standard InChI is InChI=1S/C20H22N2O4S/c1-14-21-17(13-27-14)12-26-18-7-4-15(5-8-18)6-9-19(23)22-10-2-3-16(11-22)20(24)25/h4-9,13,16H,2-3,10-12H2,1H3,(H,24,25). The molecule has 1 aliphatic rings. The van der Waals surface area contributed by atoms with Gasteiger partial charge in [0.15, 0.2) is 0 Å². The Bertz CT molecular complexity index is 829. The molecule has 0 radical (unpaired) electrons. The number of carbonyl (C=O) groups excluding carboxylic acids is 1. The van der Waals surface area contributed by atoms with Crippen molar-refractivity contribution in [3.05, 3.63) is 52.0 Å². The van der Waals surface area contributed by atoms with Gasteiger partial charge in [-0.05, 0) is 43.5 Å². The molecule has 0 spiro atoms. The first kappa shape index (κ1) is 19.1. The fraction of sp³-hybridized carbons (Fsp3) is 0.350. The highest BCUT2D eigenvalue weighted by molar-refractivity contribution is 7.09. The second-order valence-electron chi connectivity index (χ2n) is 6.51. The van der Waals surface area contributed by atoms with E-state index in [1.807, 2.05) is 36.6 Å². The van der Waals surface area contributed by atoms with Crippen LogP contribution in [0.1, 0.15) is 29.1 Å². The average Bonchev–Trinajstić information content (AvgIpc) is 3.10. The highest BCUT2D eigenvalue weighted by atomic mass is 32.1. The third-order valence-electron chi connectivity index (χ3n) is 4.43.